The summed E-state index contributed by atoms with van der Waals surface area (Å²) in [6, 6.07) is 4.20. The van der Waals surface area contributed by atoms with E-state index in [2.05, 4.69) is 11.9 Å². The van der Waals surface area contributed by atoms with Gasteiger partial charge in [0.05, 0.1) is 0 Å². The van der Waals surface area contributed by atoms with Crippen LogP contribution in [0.4, 0.5) is 0 Å². The normalized spacial score (nSPS) is 20.4. The first-order valence-electron chi connectivity index (χ1n) is 6.46. The quantitative estimate of drug-likeness (QED) is 0.785. The number of nitrogens with zero attached hydrogens (tertiary/aromatic N) is 2. The van der Waals surface area contributed by atoms with Crippen LogP contribution in [0.5, 0.6) is 0 Å². The Balaban J connectivity index is 2.18. The number of aryl methyl sites for hydroxylation is 1. The van der Waals surface area contributed by atoms with Gasteiger partial charge in [0, 0.05) is 18.8 Å². The topological polar surface area (TPSA) is 33.2 Å². The second kappa shape index (κ2) is 5.30. The summed E-state index contributed by atoms with van der Waals surface area (Å²) in [4.78, 5) is 18.6. The fraction of sp³-hybridized carbons (Fsp3) is 0.571. The van der Waals surface area contributed by atoms with Crippen molar-refractivity contribution in [1.82, 2.24) is 9.88 Å². The van der Waals surface area contributed by atoms with Crippen LogP contribution in [0.15, 0.2) is 18.3 Å². The summed E-state index contributed by atoms with van der Waals surface area (Å²) in [5, 5.41) is 0. The Bertz CT molecular complexity index is 403. The number of amides is 1. The molecule has 1 aromatic heterocycles. The molecule has 1 atom stereocenters. The maximum absolute atomic E-state index is 12.4. The Hall–Kier alpha value is -1.38. The van der Waals surface area contributed by atoms with Crippen LogP contribution in [-0.4, -0.2) is 28.4 Å². The lowest BCUT2D eigenvalue weighted by Gasteiger charge is -2.35. The summed E-state index contributed by atoms with van der Waals surface area (Å²) in [6.07, 6.45) is 6.25. The van der Waals surface area contributed by atoms with E-state index >= 15 is 0 Å². The largest absolute Gasteiger partial charge is 0.334 e. The van der Waals surface area contributed by atoms with Crippen molar-refractivity contribution in [2.45, 2.75) is 45.6 Å². The van der Waals surface area contributed by atoms with E-state index < -0.39 is 0 Å². The lowest BCUT2D eigenvalue weighted by Crippen LogP contribution is -2.43. The van der Waals surface area contributed by atoms with E-state index in [1.165, 1.54) is 6.42 Å². The van der Waals surface area contributed by atoms with Gasteiger partial charge in [-0.15, -0.1) is 0 Å². The van der Waals surface area contributed by atoms with Gasteiger partial charge in [0.1, 0.15) is 5.69 Å². The van der Waals surface area contributed by atoms with Crippen LogP contribution < -0.4 is 0 Å². The Morgan fingerprint density at radius 2 is 2.35 bits per heavy atom. The fourth-order valence-corrected chi connectivity index (χ4v) is 2.49. The number of rotatable bonds is 2. The molecule has 0 saturated carbocycles. The molecule has 3 heteroatoms. The molecule has 0 radical (unpaired) electrons. The number of pyridine rings is 1. The summed E-state index contributed by atoms with van der Waals surface area (Å²) < 4.78 is 0. The Labute approximate surface area is 103 Å². The minimum Gasteiger partial charge on any atom is -0.334 e. The molecule has 1 unspecified atom stereocenters. The van der Waals surface area contributed by atoms with Crippen molar-refractivity contribution in [3.63, 3.8) is 0 Å². The second-order valence-electron chi connectivity index (χ2n) is 4.77. The van der Waals surface area contributed by atoms with E-state index in [1.807, 2.05) is 24.0 Å². The predicted molar refractivity (Wildman–Crippen MR) is 67.9 cm³/mol. The summed E-state index contributed by atoms with van der Waals surface area (Å²) in [7, 11) is 0. The molecule has 1 fully saturated rings. The number of carbonyl (C=O) groups excluding carboxylic acids is 1. The molecule has 1 aliphatic rings. The van der Waals surface area contributed by atoms with Crippen molar-refractivity contribution in [2.75, 3.05) is 6.54 Å². The average molecular weight is 232 g/mol. The molecule has 1 aliphatic heterocycles. The Morgan fingerprint density at radius 3 is 3.06 bits per heavy atom. The molecule has 0 spiro atoms. The zero-order valence-corrected chi connectivity index (χ0v) is 10.6. The fourth-order valence-electron chi connectivity index (χ4n) is 2.49. The molecule has 0 aliphatic carbocycles. The molecule has 3 nitrogen and oxygen atoms in total. The maximum Gasteiger partial charge on any atom is 0.272 e. The third kappa shape index (κ3) is 2.65. The number of hydrogen-bond acceptors (Lipinski definition) is 2. The first-order chi connectivity index (χ1) is 8.22. The highest BCUT2D eigenvalue weighted by molar-refractivity contribution is 5.92. The molecule has 0 aromatic carbocycles. The third-order valence-corrected chi connectivity index (χ3v) is 3.49. The molecular weight excluding hydrogens is 212 g/mol. The second-order valence-corrected chi connectivity index (χ2v) is 4.77. The summed E-state index contributed by atoms with van der Waals surface area (Å²) >= 11 is 0. The SMILES string of the molecule is CCC1CCCCN1C(=O)c1cc(C)ccn1. The van der Waals surface area contributed by atoms with Crippen LogP contribution in [0, 0.1) is 6.92 Å². The van der Waals surface area contributed by atoms with Gasteiger partial charge in [-0.25, -0.2) is 0 Å². The molecule has 1 saturated heterocycles. The predicted octanol–water partition coefficient (Wildman–Crippen LogP) is 2.79. The van der Waals surface area contributed by atoms with Gasteiger partial charge in [-0.05, 0) is 50.3 Å². The van der Waals surface area contributed by atoms with E-state index in [0.717, 1.165) is 31.4 Å². The van der Waals surface area contributed by atoms with Gasteiger partial charge >= 0.3 is 0 Å². The molecule has 0 N–H and O–H groups in total. The van der Waals surface area contributed by atoms with Gasteiger partial charge in [0.15, 0.2) is 0 Å². The molecule has 17 heavy (non-hydrogen) atoms. The van der Waals surface area contributed by atoms with E-state index in [1.54, 1.807) is 6.20 Å². The number of aromatic nitrogens is 1. The molecular formula is C14H20N2O. The standard InChI is InChI=1S/C14H20N2O/c1-3-12-6-4-5-9-16(12)14(17)13-10-11(2)7-8-15-13/h7-8,10,12H,3-6,9H2,1-2H3. The van der Waals surface area contributed by atoms with Crippen molar-refractivity contribution in [1.29, 1.82) is 0 Å². The van der Waals surface area contributed by atoms with Crippen molar-refractivity contribution in [2.24, 2.45) is 0 Å². The number of piperidine rings is 1. The highest BCUT2D eigenvalue weighted by Crippen LogP contribution is 2.21. The molecule has 1 aromatic rings. The van der Waals surface area contributed by atoms with Crippen LogP contribution in [0.2, 0.25) is 0 Å². The van der Waals surface area contributed by atoms with E-state index in [4.69, 9.17) is 0 Å². The van der Waals surface area contributed by atoms with Gasteiger partial charge in [0.2, 0.25) is 0 Å². The zero-order valence-electron chi connectivity index (χ0n) is 10.6. The zero-order chi connectivity index (χ0) is 12.3. The molecule has 1 amide bonds. The van der Waals surface area contributed by atoms with E-state index in [9.17, 15) is 4.79 Å². The molecule has 0 bridgehead atoms. The highest BCUT2D eigenvalue weighted by Gasteiger charge is 2.26. The lowest BCUT2D eigenvalue weighted by atomic mass is 9.99. The summed E-state index contributed by atoms with van der Waals surface area (Å²) in [5.41, 5.74) is 1.68. The first-order valence-corrected chi connectivity index (χ1v) is 6.46. The first kappa shape index (κ1) is 12.1. The van der Waals surface area contributed by atoms with Gasteiger partial charge in [0.25, 0.3) is 5.91 Å². The minimum absolute atomic E-state index is 0.0975. The van der Waals surface area contributed by atoms with Crippen molar-refractivity contribution >= 4 is 5.91 Å². The average Bonchev–Trinajstić information content (AvgIpc) is 2.38. The Kier molecular flexibility index (Phi) is 3.77. The van der Waals surface area contributed by atoms with E-state index in [0.29, 0.717) is 11.7 Å². The van der Waals surface area contributed by atoms with Gasteiger partial charge in [-0.2, -0.15) is 0 Å². The summed E-state index contributed by atoms with van der Waals surface area (Å²) in [5.74, 6) is 0.0975. The lowest BCUT2D eigenvalue weighted by molar-refractivity contribution is 0.0602. The monoisotopic (exact) mass is 232 g/mol. The van der Waals surface area contributed by atoms with Crippen molar-refractivity contribution < 1.29 is 4.79 Å². The smallest absolute Gasteiger partial charge is 0.272 e. The Morgan fingerprint density at radius 1 is 1.53 bits per heavy atom. The van der Waals surface area contributed by atoms with Crippen LogP contribution in [0.3, 0.4) is 0 Å². The maximum atomic E-state index is 12.4. The van der Waals surface area contributed by atoms with Crippen molar-refractivity contribution in [3.8, 4) is 0 Å². The van der Waals surface area contributed by atoms with Crippen molar-refractivity contribution in [3.05, 3.63) is 29.6 Å². The van der Waals surface area contributed by atoms with Gasteiger partial charge in [-0.1, -0.05) is 6.92 Å². The summed E-state index contributed by atoms with van der Waals surface area (Å²) in [6.45, 7) is 5.03. The number of carbonyl (C=O) groups is 1. The third-order valence-electron chi connectivity index (χ3n) is 3.49. The number of hydrogen-bond donors (Lipinski definition) is 0. The molecule has 2 rings (SSSR count). The van der Waals surface area contributed by atoms with Crippen LogP contribution in [0.25, 0.3) is 0 Å². The minimum atomic E-state index is 0.0975. The van der Waals surface area contributed by atoms with Crippen LogP contribution in [-0.2, 0) is 0 Å². The van der Waals surface area contributed by atoms with E-state index in [-0.39, 0.29) is 5.91 Å². The van der Waals surface area contributed by atoms with Crippen LogP contribution in [0.1, 0.15) is 48.7 Å². The molecule has 92 valence electrons. The highest BCUT2D eigenvalue weighted by atomic mass is 16.2. The van der Waals surface area contributed by atoms with Gasteiger partial charge < -0.3 is 4.90 Å². The van der Waals surface area contributed by atoms with Crippen LogP contribution >= 0.6 is 0 Å². The van der Waals surface area contributed by atoms with Gasteiger partial charge in [-0.3, -0.25) is 9.78 Å². The number of likely N-dealkylation sites (tertiary alicyclic amines) is 1. The molecule has 2 heterocycles.